The standard InChI is InChI=1S/C23H22FN5O2/c1-14-4-6-17(7-5-14)23-27-26-22(31-23)11-10-21(30)25-18-8-9-20(19(24)13-18)29-16(3)12-15(2)28-29/h4-9,12-13H,10-11H2,1-3H3,(H,25,30). The summed E-state index contributed by atoms with van der Waals surface area (Å²) < 4.78 is 21.7. The third-order valence-electron chi connectivity index (χ3n) is 4.80. The molecule has 31 heavy (non-hydrogen) atoms. The van der Waals surface area contributed by atoms with Gasteiger partial charge in [-0.05, 0) is 57.2 Å². The minimum Gasteiger partial charge on any atom is -0.421 e. The number of hydrogen-bond donors (Lipinski definition) is 1. The first-order valence-corrected chi connectivity index (χ1v) is 9.91. The quantitative estimate of drug-likeness (QED) is 0.495. The van der Waals surface area contributed by atoms with Crippen LogP contribution >= 0.6 is 0 Å². The van der Waals surface area contributed by atoms with Gasteiger partial charge in [-0.2, -0.15) is 5.10 Å². The van der Waals surface area contributed by atoms with Gasteiger partial charge in [-0.15, -0.1) is 10.2 Å². The van der Waals surface area contributed by atoms with Gasteiger partial charge < -0.3 is 9.73 Å². The molecule has 0 atom stereocenters. The Hall–Kier alpha value is -3.81. The molecule has 0 saturated carbocycles. The van der Waals surface area contributed by atoms with E-state index in [1.54, 1.807) is 12.1 Å². The number of aryl methyl sites for hydroxylation is 4. The molecule has 7 nitrogen and oxygen atoms in total. The number of halogens is 1. The number of anilines is 1. The Bertz CT molecular complexity index is 1230. The molecular formula is C23H22FN5O2. The van der Waals surface area contributed by atoms with E-state index in [1.165, 1.54) is 10.7 Å². The lowest BCUT2D eigenvalue weighted by Gasteiger charge is -2.09. The second-order valence-electron chi connectivity index (χ2n) is 7.42. The maximum atomic E-state index is 14.6. The summed E-state index contributed by atoms with van der Waals surface area (Å²) in [6, 6.07) is 14.1. The summed E-state index contributed by atoms with van der Waals surface area (Å²) in [5.74, 6) is 0.0472. The first-order chi connectivity index (χ1) is 14.9. The highest BCUT2D eigenvalue weighted by atomic mass is 19.1. The zero-order chi connectivity index (χ0) is 22.0. The summed E-state index contributed by atoms with van der Waals surface area (Å²) in [5, 5.41) is 15.0. The average Bonchev–Trinajstić information content (AvgIpc) is 3.33. The van der Waals surface area contributed by atoms with Gasteiger partial charge in [0, 0.05) is 29.8 Å². The Morgan fingerprint density at radius 1 is 1.06 bits per heavy atom. The predicted octanol–water partition coefficient (Wildman–Crippen LogP) is 4.56. The fourth-order valence-corrected chi connectivity index (χ4v) is 3.24. The van der Waals surface area contributed by atoms with E-state index in [2.05, 4.69) is 20.6 Å². The molecule has 0 unspecified atom stereocenters. The van der Waals surface area contributed by atoms with Gasteiger partial charge in [-0.1, -0.05) is 17.7 Å². The summed E-state index contributed by atoms with van der Waals surface area (Å²) in [5.41, 5.74) is 4.31. The number of amides is 1. The number of carbonyl (C=O) groups excluding carboxylic acids is 1. The van der Waals surface area contributed by atoms with Gasteiger partial charge in [0.05, 0.1) is 5.69 Å². The number of nitrogens with one attached hydrogen (secondary N) is 1. The highest BCUT2D eigenvalue weighted by Crippen LogP contribution is 2.21. The fraction of sp³-hybridized carbons (Fsp3) is 0.217. The van der Waals surface area contributed by atoms with Gasteiger partial charge in [-0.3, -0.25) is 4.79 Å². The van der Waals surface area contributed by atoms with Gasteiger partial charge in [0.2, 0.25) is 17.7 Å². The number of hydrogen-bond acceptors (Lipinski definition) is 5. The predicted molar refractivity (Wildman–Crippen MR) is 114 cm³/mol. The monoisotopic (exact) mass is 419 g/mol. The van der Waals surface area contributed by atoms with E-state index < -0.39 is 5.82 Å². The van der Waals surface area contributed by atoms with Crippen LogP contribution in [0.5, 0.6) is 0 Å². The Labute approximate surface area is 178 Å². The summed E-state index contributed by atoms with van der Waals surface area (Å²) in [7, 11) is 0. The topological polar surface area (TPSA) is 85.8 Å². The zero-order valence-electron chi connectivity index (χ0n) is 17.5. The highest BCUT2D eigenvalue weighted by Gasteiger charge is 2.13. The normalized spacial score (nSPS) is 11.0. The molecular weight excluding hydrogens is 397 g/mol. The van der Waals surface area contributed by atoms with Gasteiger partial charge in [0.1, 0.15) is 5.69 Å². The van der Waals surface area contributed by atoms with Gasteiger partial charge in [0.25, 0.3) is 0 Å². The Morgan fingerprint density at radius 3 is 2.52 bits per heavy atom. The Balaban J connectivity index is 1.36. The lowest BCUT2D eigenvalue weighted by molar-refractivity contribution is -0.116. The van der Waals surface area contributed by atoms with E-state index in [0.717, 1.165) is 22.5 Å². The van der Waals surface area contributed by atoms with E-state index in [1.807, 2.05) is 51.1 Å². The number of carbonyl (C=O) groups is 1. The van der Waals surface area contributed by atoms with Crippen LogP contribution in [0.1, 0.15) is 29.3 Å². The Morgan fingerprint density at radius 2 is 1.84 bits per heavy atom. The number of rotatable bonds is 6. The van der Waals surface area contributed by atoms with Crippen molar-refractivity contribution in [3.05, 3.63) is 77.2 Å². The molecule has 0 radical (unpaired) electrons. The number of benzene rings is 2. The van der Waals surface area contributed by atoms with Crippen LogP contribution in [0.3, 0.4) is 0 Å². The van der Waals surface area contributed by atoms with Gasteiger partial charge >= 0.3 is 0 Å². The Kier molecular flexibility index (Phi) is 5.62. The lowest BCUT2D eigenvalue weighted by atomic mass is 10.1. The van der Waals surface area contributed by atoms with E-state index >= 15 is 0 Å². The van der Waals surface area contributed by atoms with Crippen molar-refractivity contribution in [2.24, 2.45) is 0 Å². The molecule has 1 amide bonds. The SMILES string of the molecule is Cc1ccc(-c2nnc(CCC(=O)Nc3ccc(-n4nc(C)cc4C)c(F)c3)o2)cc1. The largest absolute Gasteiger partial charge is 0.421 e. The van der Waals surface area contributed by atoms with E-state index in [0.29, 0.717) is 23.2 Å². The van der Waals surface area contributed by atoms with Crippen molar-refractivity contribution in [1.82, 2.24) is 20.0 Å². The fourth-order valence-electron chi connectivity index (χ4n) is 3.24. The smallest absolute Gasteiger partial charge is 0.247 e. The molecule has 2 heterocycles. The summed E-state index contributed by atoms with van der Waals surface area (Å²) >= 11 is 0. The van der Waals surface area contributed by atoms with Crippen molar-refractivity contribution in [1.29, 1.82) is 0 Å². The minimum absolute atomic E-state index is 0.135. The second kappa shape index (κ2) is 8.51. The molecule has 8 heteroatoms. The van der Waals surface area contributed by atoms with Crippen molar-refractivity contribution in [2.75, 3.05) is 5.32 Å². The van der Waals surface area contributed by atoms with E-state index in [9.17, 15) is 9.18 Å². The van der Waals surface area contributed by atoms with Crippen LogP contribution in [-0.4, -0.2) is 25.9 Å². The first kappa shape index (κ1) is 20.5. The third-order valence-corrected chi connectivity index (χ3v) is 4.80. The lowest BCUT2D eigenvalue weighted by Crippen LogP contribution is -2.13. The first-order valence-electron chi connectivity index (χ1n) is 9.91. The van der Waals surface area contributed by atoms with Crippen LogP contribution in [0.4, 0.5) is 10.1 Å². The van der Waals surface area contributed by atoms with Crippen LogP contribution < -0.4 is 5.32 Å². The molecule has 0 fully saturated rings. The summed E-state index contributed by atoms with van der Waals surface area (Å²) in [4.78, 5) is 12.3. The molecule has 0 bridgehead atoms. The molecule has 2 aromatic heterocycles. The van der Waals surface area contributed by atoms with Crippen molar-refractivity contribution in [2.45, 2.75) is 33.6 Å². The zero-order valence-corrected chi connectivity index (χ0v) is 17.5. The number of aromatic nitrogens is 4. The molecule has 0 aliphatic heterocycles. The van der Waals surface area contributed by atoms with E-state index in [4.69, 9.17) is 4.42 Å². The van der Waals surface area contributed by atoms with Crippen molar-refractivity contribution >= 4 is 11.6 Å². The molecule has 0 spiro atoms. The van der Waals surface area contributed by atoms with Crippen LogP contribution in [0, 0.1) is 26.6 Å². The van der Waals surface area contributed by atoms with Crippen LogP contribution in [-0.2, 0) is 11.2 Å². The molecule has 4 aromatic rings. The molecule has 1 N–H and O–H groups in total. The van der Waals surface area contributed by atoms with Crippen LogP contribution in [0.2, 0.25) is 0 Å². The average molecular weight is 419 g/mol. The van der Waals surface area contributed by atoms with Crippen molar-refractivity contribution in [3.8, 4) is 17.1 Å². The third kappa shape index (κ3) is 4.69. The van der Waals surface area contributed by atoms with Crippen molar-refractivity contribution in [3.63, 3.8) is 0 Å². The van der Waals surface area contributed by atoms with Crippen LogP contribution in [0.15, 0.2) is 52.9 Å². The number of nitrogens with zero attached hydrogens (tertiary/aromatic N) is 4. The van der Waals surface area contributed by atoms with Crippen LogP contribution in [0.25, 0.3) is 17.1 Å². The van der Waals surface area contributed by atoms with E-state index in [-0.39, 0.29) is 18.7 Å². The molecule has 0 aliphatic carbocycles. The minimum atomic E-state index is -0.469. The molecule has 0 saturated heterocycles. The maximum Gasteiger partial charge on any atom is 0.247 e. The molecule has 4 rings (SSSR count). The van der Waals surface area contributed by atoms with Gasteiger partial charge in [0.15, 0.2) is 5.82 Å². The van der Waals surface area contributed by atoms with Gasteiger partial charge in [-0.25, -0.2) is 9.07 Å². The molecule has 0 aliphatic rings. The summed E-state index contributed by atoms with van der Waals surface area (Å²) in [6.45, 7) is 5.71. The summed E-state index contributed by atoms with van der Waals surface area (Å²) in [6.07, 6.45) is 0.424. The second-order valence-corrected chi connectivity index (χ2v) is 7.42. The molecule has 158 valence electrons. The molecule has 2 aromatic carbocycles. The van der Waals surface area contributed by atoms with Crippen molar-refractivity contribution < 1.29 is 13.6 Å². The highest BCUT2D eigenvalue weighted by molar-refractivity contribution is 5.90. The maximum absolute atomic E-state index is 14.6.